The minimum Gasteiger partial charge on any atom is -0.454 e. The number of H-pyrrole nitrogens is 1. The van der Waals surface area contributed by atoms with Gasteiger partial charge in [0, 0.05) is 17.2 Å². The van der Waals surface area contributed by atoms with E-state index in [0.29, 0.717) is 18.0 Å². The van der Waals surface area contributed by atoms with Gasteiger partial charge in [-0.05, 0) is 39.7 Å². The Labute approximate surface area is 140 Å². The topological polar surface area (TPSA) is 89.7 Å². The summed E-state index contributed by atoms with van der Waals surface area (Å²) in [6.45, 7) is 0.164. The van der Waals surface area contributed by atoms with Gasteiger partial charge in [0.2, 0.25) is 6.79 Å². The Bertz CT molecular complexity index is 743. The Hall–Kier alpha value is -2.48. The molecule has 0 saturated carbocycles. The summed E-state index contributed by atoms with van der Waals surface area (Å²) in [4.78, 5) is 26.1. The van der Waals surface area contributed by atoms with Gasteiger partial charge >= 0.3 is 5.97 Å². The zero-order valence-corrected chi connectivity index (χ0v) is 13.5. The van der Waals surface area contributed by atoms with E-state index >= 15 is 0 Å². The van der Waals surface area contributed by atoms with Gasteiger partial charge in [0.05, 0.1) is 0 Å². The first kappa shape index (κ1) is 15.4. The molecule has 0 saturated heterocycles. The summed E-state index contributed by atoms with van der Waals surface area (Å²) in [7, 11) is 0. The molecule has 2 heterocycles. The maximum atomic E-state index is 11.7. The third-order valence-electron chi connectivity index (χ3n) is 3.13. The maximum absolute atomic E-state index is 11.7. The number of ether oxygens (including phenoxy) is 3. The molecule has 1 amide bonds. The second-order valence-electron chi connectivity index (χ2n) is 4.77. The highest BCUT2D eigenvalue weighted by molar-refractivity contribution is 9.10. The quantitative estimate of drug-likeness (QED) is 0.774. The molecule has 1 aliphatic rings. The first-order chi connectivity index (χ1) is 11.1. The molecule has 120 valence electrons. The van der Waals surface area contributed by atoms with Crippen LogP contribution in [0, 0.1) is 0 Å². The first-order valence-electron chi connectivity index (χ1n) is 6.78. The molecule has 0 bridgehead atoms. The predicted octanol–water partition coefficient (Wildman–Crippen LogP) is 1.98. The largest absolute Gasteiger partial charge is 0.454 e. The molecule has 0 unspecified atom stereocenters. The van der Waals surface area contributed by atoms with E-state index in [-0.39, 0.29) is 25.0 Å². The van der Waals surface area contributed by atoms with E-state index in [0.717, 1.165) is 10.0 Å². The van der Waals surface area contributed by atoms with E-state index in [9.17, 15) is 9.59 Å². The summed E-state index contributed by atoms with van der Waals surface area (Å²) in [5, 5.41) is 2.67. The van der Waals surface area contributed by atoms with Gasteiger partial charge in [-0.1, -0.05) is 6.07 Å². The van der Waals surface area contributed by atoms with Crippen LogP contribution in [0.2, 0.25) is 0 Å². The highest BCUT2D eigenvalue weighted by Gasteiger charge is 2.14. The number of carbonyl (C=O) groups is 2. The van der Waals surface area contributed by atoms with Crippen LogP contribution in [0.1, 0.15) is 16.1 Å². The summed E-state index contributed by atoms with van der Waals surface area (Å²) in [5.74, 6) is 0.363. The van der Waals surface area contributed by atoms with Gasteiger partial charge in [-0.2, -0.15) is 0 Å². The number of hydrogen-bond acceptors (Lipinski definition) is 5. The number of rotatable bonds is 5. The van der Waals surface area contributed by atoms with Gasteiger partial charge in [-0.15, -0.1) is 0 Å². The van der Waals surface area contributed by atoms with Crippen LogP contribution in [0.15, 0.2) is 34.9 Å². The lowest BCUT2D eigenvalue weighted by atomic mass is 10.2. The number of hydrogen-bond donors (Lipinski definition) is 2. The zero-order valence-electron chi connectivity index (χ0n) is 11.9. The average Bonchev–Trinajstić information content (AvgIpc) is 3.18. The lowest BCUT2D eigenvalue weighted by molar-refractivity contribution is -0.124. The van der Waals surface area contributed by atoms with E-state index in [1.54, 1.807) is 24.4 Å². The molecule has 0 fully saturated rings. The molecule has 1 aromatic heterocycles. The number of aromatic amines is 1. The molecule has 1 aliphatic heterocycles. The summed E-state index contributed by atoms with van der Waals surface area (Å²) in [6.07, 6.45) is 1.61. The summed E-state index contributed by atoms with van der Waals surface area (Å²) < 4.78 is 16.1. The molecule has 0 radical (unpaired) electrons. The van der Waals surface area contributed by atoms with Crippen molar-refractivity contribution in [3.05, 3.63) is 46.2 Å². The van der Waals surface area contributed by atoms with Crippen molar-refractivity contribution >= 4 is 27.8 Å². The number of nitrogens with one attached hydrogen (secondary N) is 2. The number of benzene rings is 1. The molecule has 0 atom stereocenters. The number of carbonyl (C=O) groups excluding carboxylic acids is 2. The van der Waals surface area contributed by atoms with Crippen LogP contribution in [0.5, 0.6) is 11.5 Å². The summed E-state index contributed by atoms with van der Waals surface area (Å²) in [5.41, 5.74) is 1.14. The van der Waals surface area contributed by atoms with Crippen molar-refractivity contribution in [3.8, 4) is 11.5 Å². The molecule has 0 spiro atoms. The Kier molecular flexibility index (Phi) is 4.52. The molecule has 3 rings (SSSR count). The number of esters is 1. The minimum atomic E-state index is -0.589. The lowest BCUT2D eigenvalue weighted by Crippen LogP contribution is -2.28. The van der Waals surface area contributed by atoms with Gasteiger partial charge in [0.1, 0.15) is 5.69 Å². The third-order valence-corrected chi connectivity index (χ3v) is 3.59. The molecular formula is C15H13BrN2O5. The van der Waals surface area contributed by atoms with Crippen LogP contribution in [-0.4, -0.2) is 30.3 Å². The van der Waals surface area contributed by atoms with E-state index < -0.39 is 5.97 Å². The number of halogens is 1. The van der Waals surface area contributed by atoms with E-state index in [4.69, 9.17) is 14.2 Å². The highest BCUT2D eigenvalue weighted by atomic mass is 79.9. The summed E-state index contributed by atoms with van der Waals surface area (Å²) >= 11 is 3.21. The fourth-order valence-electron chi connectivity index (χ4n) is 2.00. The summed E-state index contributed by atoms with van der Waals surface area (Å²) in [6, 6.07) is 6.99. The Balaban J connectivity index is 1.45. The molecular weight excluding hydrogens is 368 g/mol. The molecule has 7 nitrogen and oxygen atoms in total. The Morgan fingerprint density at radius 2 is 2.09 bits per heavy atom. The van der Waals surface area contributed by atoms with Crippen molar-refractivity contribution in [2.24, 2.45) is 0 Å². The predicted molar refractivity (Wildman–Crippen MR) is 83.2 cm³/mol. The van der Waals surface area contributed by atoms with E-state index in [2.05, 4.69) is 26.2 Å². The van der Waals surface area contributed by atoms with Crippen molar-refractivity contribution < 1.29 is 23.8 Å². The van der Waals surface area contributed by atoms with Crippen LogP contribution in [-0.2, 0) is 16.1 Å². The monoisotopic (exact) mass is 380 g/mol. The number of aromatic nitrogens is 1. The van der Waals surface area contributed by atoms with Crippen LogP contribution in [0.4, 0.5) is 0 Å². The second-order valence-corrected chi connectivity index (χ2v) is 5.69. The van der Waals surface area contributed by atoms with E-state index in [1.165, 1.54) is 0 Å². The Morgan fingerprint density at radius 1 is 1.26 bits per heavy atom. The molecule has 23 heavy (non-hydrogen) atoms. The fourth-order valence-corrected chi connectivity index (χ4v) is 2.34. The van der Waals surface area contributed by atoms with Crippen LogP contribution in [0.25, 0.3) is 0 Å². The van der Waals surface area contributed by atoms with Crippen molar-refractivity contribution in [2.75, 3.05) is 13.4 Å². The number of amides is 1. The van der Waals surface area contributed by atoms with Crippen LogP contribution >= 0.6 is 15.9 Å². The van der Waals surface area contributed by atoms with Gasteiger partial charge in [0.25, 0.3) is 5.91 Å². The standard InChI is InChI=1S/C15H13BrN2O5/c16-10-4-11(17-6-10)15(20)21-7-14(19)18-5-9-1-2-12-13(3-9)23-8-22-12/h1-4,6,17H,5,7-8H2,(H,18,19). The molecule has 1 aromatic carbocycles. The maximum Gasteiger partial charge on any atom is 0.355 e. The SMILES string of the molecule is O=C(COC(=O)c1cc(Br)c[nH]1)NCc1ccc2c(c1)OCO2. The smallest absolute Gasteiger partial charge is 0.355 e. The van der Waals surface area contributed by atoms with Crippen molar-refractivity contribution in [1.29, 1.82) is 0 Å². The Morgan fingerprint density at radius 3 is 2.87 bits per heavy atom. The van der Waals surface area contributed by atoms with Crippen molar-refractivity contribution in [3.63, 3.8) is 0 Å². The van der Waals surface area contributed by atoms with Crippen LogP contribution in [0.3, 0.4) is 0 Å². The first-order valence-corrected chi connectivity index (χ1v) is 7.57. The minimum absolute atomic E-state index is 0.204. The molecule has 2 N–H and O–H groups in total. The lowest BCUT2D eigenvalue weighted by Gasteiger charge is -2.07. The second kappa shape index (κ2) is 6.74. The van der Waals surface area contributed by atoms with Gasteiger partial charge in [-0.3, -0.25) is 4.79 Å². The molecule has 8 heteroatoms. The fraction of sp³-hybridized carbons (Fsp3) is 0.200. The van der Waals surface area contributed by atoms with Gasteiger partial charge in [-0.25, -0.2) is 4.79 Å². The molecule has 0 aliphatic carbocycles. The molecule has 2 aromatic rings. The van der Waals surface area contributed by atoms with Gasteiger partial charge in [0.15, 0.2) is 18.1 Å². The zero-order chi connectivity index (χ0) is 16.2. The van der Waals surface area contributed by atoms with Crippen molar-refractivity contribution in [1.82, 2.24) is 10.3 Å². The third kappa shape index (κ3) is 3.84. The van der Waals surface area contributed by atoms with Crippen LogP contribution < -0.4 is 14.8 Å². The number of fused-ring (bicyclic) bond motifs is 1. The van der Waals surface area contributed by atoms with E-state index in [1.807, 2.05) is 6.07 Å². The average molecular weight is 381 g/mol. The van der Waals surface area contributed by atoms with Gasteiger partial charge < -0.3 is 24.5 Å². The normalized spacial score (nSPS) is 12.0. The van der Waals surface area contributed by atoms with Crippen molar-refractivity contribution in [2.45, 2.75) is 6.54 Å². The highest BCUT2D eigenvalue weighted by Crippen LogP contribution is 2.32.